The van der Waals surface area contributed by atoms with Crippen LogP contribution in [0.15, 0.2) is 22.7 Å². The topological polar surface area (TPSA) is 24.5 Å². The van der Waals surface area contributed by atoms with Crippen molar-refractivity contribution in [3.63, 3.8) is 0 Å². The molecular formula is C13H21BrN2O. The van der Waals surface area contributed by atoms with Crippen molar-refractivity contribution in [2.24, 2.45) is 0 Å². The Labute approximate surface area is 112 Å². The minimum Gasteiger partial charge on any atom is -0.383 e. The molecule has 1 rings (SSSR count). The van der Waals surface area contributed by atoms with Crippen LogP contribution in [0.5, 0.6) is 0 Å². The van der Waals surface area contributed by atoms with Gasteiger partial charge in [0.25, 0.3) is 0 Å². The summed E-state index contributed by atoms with van der Waals surface area (Å²) in [5, 5.41) is 3.37. The maximum atomic E-state index is 5.02. The number of halogens is 1. The highest BCUT2D eigenvalue weighted by atomic mass is 79.9. The van der Waals surface area contributed by atoms with Crippen molar-refractivity contribution in [2.75, 3.05) is 38.8 Å². The zero-order valence-corrected chi connectivity index (χ0v) is 12.4. The first-order valence-corrected chi connectivity index (χ1v) is 6.67. The molecule has 0 fully saturated rings. The molecule has 0 aliphatic rings. The summed E-state index contributed by atoms with van der Waals surface area (Å²) in [6.07, 6.45) is 0. The van der Waals surface area contributed by atoms with Gasteiger partial charge in [0.05, 0.1) is 6.61 Å². The predicted octanol–water partition coefficient (Wildman–Crippen LogP) is 2.64. The lowest BCUT2D eigenvalue weighted by Gasteiger charge is -2.21. The van der Waals surface area contributed by atoms with Crippen molar-refractivity contribution < 1.29 is 4.74 Å². The van der Waals surface area contributed by atoms with Gasteiger partial charge in [-0.15, -0.1) is 0 Å². The fraction of sp³-hybridized carbons (Fsp3) is 0.538. The quantitative estimate of drug-likeness (QED) is 0.784. The zero-order valence-electron chi connectivity index (χ0n) is 10.8. The lowest BCUT2D eigenvalue weighted by atomic mass is 10.1. The van der Waals surface area contributed by atoms with Crippen LogP contribution in [-0.4, -0.2) is 33.9 Å². The Morgan fingerprint density at radius 1 is 1.41 bits per heavy atom. The second kappa shape index (κ2) is 7.69. The van der Waals surface area contributed by atoms with Crippen molar-refractivity contribution in [3.05, 3.63) is 28.2 Å². The normalized spacial score (nSPS) is 10.6. The average molecular weight is 301 g/mol. The van der Waals surface area contributed by atoms with Crippen molar-refractivity contribution in [3.8, 4) is 0 Å². The third-order valence-corrected chi connectivity index (χ3v) is 3.22. The molecule has 1 N–H and O–H groups in total. The van der Waals surface area contributed by atoms with E-state index in [9.17, 15) is 0 Å². The van der Waals surface area contributed by atoms with Gasteiger partial charge in [-0.25, -0.2) is 0 Å². The molecule has 17 heavy (non-hydrogen) atoms. The molecule has 1 aromatic carbocycles. The first-order valence-electron chi connectivity index (χ1n) is 5.88. The smallest absolute Gasteiger partial charge is 0.0587 e. The van der Waals surface area contributed by atoms with Crippen LogP contribution in [0, 0.1) is 0 Å². The lowest BCUT2D eigenvalue weighted by molar-refractivity contribution is 0.199. The monoisotopic (exact) mass is 300 g/mol. The summed E-state index contributed by atoms with van der Waals surface area (Å²) in [6, 6.07) is 6.41. The molecule has 0 spiro atoms. The Morgan fingerprint density at radius 2 is 2.18 bits per heavy atom. The number of nitrogens with one attached hydrogen (secondary N) is 1. The fourth-order valence-electron chi connectivity index (χ4n) is 1.61. The van der Waals surface area contributed by atoms with Gasteiger partial charge >= 0.3 is 0 Å². The van der Waals surface area contributed by atoms with Crippen LogP contribution >= 0.6 is 15.9 Å². The number of hydrogen-bond donors (Lipinski definition) is 1. The Balaban J connectivity index is 2.69. The maximum Gasteiger partial charge on any atom is 0.0587 e. The minimum atomic E-state index is 0.746. The molecule has 0 aliphatic carbocycles. The van der Waals surface area contributed by atoms with Gasteiger partial charge in [0, 0.05) is 44.0 Å². The van der Waals surface area contributed by atoms with E-state index in [1.165, 1.54) is 11.3 Å². The third-order valence-electron chi connectivity index (χ3n) is 2.73. The molecule has 0 amide bonds. The molecule has 0 heterocycles. The predicted molar refractivity (Wildman–Crippen MR) is 76.7 cm³/mol. The highest BCUT2D eigenvalue weighted by Gasteiger charge is 2.06. The van der Waals surface area contributed by atoms with Crippen LogP contribution in [0.2, 0.25) is 0 Å². The molecule has 0 bridgehead atoms. The largest absolute Gasteiger partial charge is 0.383 e. The molecule has 0 radical (unpaired) electrons. The first-order chi connectivity index (χ1) is 8.19. The highest BCUT2D eigenvalue weighted by Crippen LogP contribution is 2.24. The fourth-order valence-corrected chi connectivity index (χ4v) is 1.96. The summed E-state index contributed by atoms with van der Waals surface area (Å²) in [5.74, 6) is 0. The molecule has 0 saturated heterocycles. The van der Waals surface area contributed by atoms with E-state index in [4.69, 9.17) is 4.74 Å². The van der Waals surface area contributed by atoms with Gasteiger partial charge in [-0.2, -0.15) is 0 Å². The molecule has 4 heteroatoms. The molecule has 3 nitrogen and oxygen atoms in total. The van der Waals surface area contributed by atoms with Crippen molar-refractivity contribution in [1.29, 1.82) is 0 Å². The van der Waals surface area contributed by atoms with Crippen molar-refractivity contribution in [1.82, 2.24) is 5.32 Å². The summed E-state index contributed by atoms with van der Waals surface area (Å²) in [6.45, 7) is 5.65. The average Bonchev–Trinajstić information content (AvgIpc) is 2.35. The van der Waals surface area contributed by atoms with Crippen LogP contribution in [-0.2, 0) is 11.3 Å². The Bertz CT molecular complexity index is 344. The third kappa shape index (κ3) is 4.66. The Hall–Kier alpha value is -0.580. The van der Waals surface area contributed by atoms with Crippen LogP contribution in [0.25, 0.3) is 0 Å². The van der Waals surface area contributed by atoms with Gasteiger partial charge in [-0.05, 0) is 24.6 Å². The molecule has 1 aromatic rings. The molecule has 0 aromatic heterocycles. The second-order valence-corrected chi connectivity index (χ2v) is 4.87. The van der Waals surface area contributed by atoms with Crippen LogP contribution < -0.4 is 10.2 Å². The number of nitrogens with zero attached hydrogens (tertiary/aromatic N) is 1. The minimum absolute atomic E-state index is 0.746. The zero-order chi connectivity index (χ0) is 12.7. The van der Waals surface area contributed by atoms with E-state index < -0.39 is 0 Å². The summed E-state index contributed by atoms with van der Waals surface area (Å²) in [4.78, 5) is 2.25. The number of methoxy groups -OCH3 is 1. The van der Waals surface area contributed by atoms with E-state index in [1.54, 1.807) is 7.11 Å². The van der Waals surface area contributed by atoms with Crippen LogP contribution in [0.1, 0.15) is 12.5 Å². The number of rotatable bonds is 7. The maximum absolute atomic E-state index is 5.02. The summed E-state index contributed by atoms with van der Waals surface area (Å²) >= 11 is 3.52. The molecule has 0 unspecified atom stereocenters. The molecule has 0 aliphatic heterocycles. The molecule has 96 valence electrons. The standard InChI is InChI=1S/C13H21BrN2O/c1-4-16(2)13-9-12(14)6-5-11(13)10-15-7-8-17-3/h5-6,9,15H,4,7-8,10H2,1-3H3. The van der Waals surface area contributed by atoms with Gasteiger partial charge < -0.3 is 15.0 Å². The van der Waals surface area contributed by atoms with Gasteiger partial charge in [-0.1, -0.05) is 22.0 Å². The Morgan fingerprint density at radius 3 is 2.82 bits per heavy atom. The van der Waals surface area contributed by atoms with Crippen LogP contribution in [0.4, 0.5) is 5.69 Å². The second-order valence-electron chi connectivity index (χ2n) is 3.96. The number of ether oxygens (including phenoxy) is 1. The highest BCUT2D eigenvalue weighted by molar-refractivity contribution is 9.10. The molecular weight excluding hydrogens is 280 g/mol. The van der Waals surface area contributed by atoms with Crippen molar-refractivity contribution in [2.45, 2.75) is 13.5 Å². The number of benzene rings is 1. The number of anilines is 1. The SMILES string of the molecule is CCN(C)c1cc(Br)ccc1CNCCOC. The summed E-state index contributed by atoms with van der Waals surface area (Å²) < 4.78 is 6.14. The summed E-state index contributed by atoms with van der Waals surface area (Å²) in [7, 11) is 3.83. The number of hydrogen-bond acceptors (Lipinski definition) is 3. The van der Waals surface area contributed by atoms with Crippen molar-refractivity contribution >= 4 is 21.6 Å². The summed E-state index contributed by atoms with van der Waals surface area (Å²) in [5.41, 5.74) is 2.58. The lowest BCUT2D eigenvalue weighted by Crippen LogP contribution is -2.22. The van der Waals surface area contributed by atoms with E-state index in [0.29, 0.717) is 0 Å². The molecule has 0 atom stereocenters. The van der Waals surface area contributed by atoms with Gasteiger partial charge in [0.15, 0.2) is 0 Å². The van der Waals surface area contributed by atoms with Gasteiger partial charge in [0.2, 0.25) is 0 Å². The van der Waals surface area contributed by atoms with E-state index in [2.05, 4.69) is 58.3 Å². The van der Waals surface area contributed by atoms with E-state index in [-0.39, 0.29) is 0 Å². The van der Waals surface area contributed by atoms with E-state index in [0.717, 1.165) is 30.7 Å². The van der Waals surface area contributed by atoms with E-state index >= 15 is 0 Å². The Kier molecular flexibility index (Phi) is 6.55. The van der Waals surface area contributed by atoms with Gasteiger partial charge in [-0.3, -0.25) is 0 Å². The van der Waals surface area contributed by atoms with Gasteiger partial charge in [0.1, 0.15) is 0 Å². The van der Waals surface area contributed by atoms with E-state index in [1.807, 2.05) is 0 Å². The van der Waals surface area contributed by atoms with Crippen LogP contribution in [0.3, 0.4) is 0 Å². The molecule has 0 saturated carbocycles. The first kappa shape index (κ1) is 14.5.